The standard InChI is InChI=1S/CH5N.O3S/c1-2;1-4(2)3/h2H2,1H3;. The average molecular weight is 111 g/mol. The minimum absolute atomic E-state index is 1.50. The highest BCUT2D eigenvalue weighted by Gasteiger charge is 1.40. The Labute approximate surface area is 37.0 Å². The van der Waals surface area contributed by atoms with Crippen molar-refractivity contribution in [1.29, 1.82) is 0 Å². The Hall–Kier alpha value is -0.420. The van der Waals surface area contributed by atoms with Crippen LogP contribution in [-0.4, -0.2) is 19.7 Å². The van der Waals surface area contributed by atoms with E-state index in [4.69, 9.17) is 12.6 Å². The molecule has 0 saturated heterocycles. The van der Waals surface area contributed by atoms with Crippen molar-refractivity contribution in [3.05, 3.63) is 0 Å². The number of rotatable bonds is 0. The smallest absolute Gasteiger partial charge is 0.333 e. The van der Waals surface area contributed by atoms with Crippen LogP contribution < -0.4 is 5.73 Å². The van der Waals surface area contributed by atoms with E-state index in [9.17, 15) is 0 Å². The van der Waals surface area contributed by atoms with Crippen LogP contribution in [0.1, 0.15) is 0 Å². The zero-order chi connectivity index (χ0) is 5.58. The molecule has 0 fully saturated rings. The third-order valence-corrected chi connectivity index (χ3v) is 0. The van der Waals surface area contributed by atoms with Crippen molar-refractivity contribution in [3.63, 3.8) is 0 Å². The van der Waals surface area contributed by atoms with Gasteiger partial charge in [-0.1, -0.05) is 0 Å². The molecule has 0 unspecified atom stereocenters. The van der Waals surface area contributed by atoms with E-state index >= 15 is 0 Å². The van der Waals surface area contributed by atoms with Crippen LogP contribution in [0.3, 0.4) is 0 Å². The summed E-state index contributed by atoms with van der Waals surface area (Å²) in [6.45, 7) is 0. The van der Waals surface area contributed by atoms with E-state index in [-0.39, 0.29) is 0 Å². The van der Waals surface area contributed by atoms with Crippen LogP contribution in [-0.2, 0) is 10.6 Å². The summed E-state index contributed by atoms with van der Waals surface area (Å²) in [7, 11) is -1.61. The predicted octanol–water partition coefficient (Wildman–Crippen LogP) is -1.43. The van der Waals surface area contributed by atoms with Gasteiger partial charge in [-0.05, 0) is 7.05 Å². The first-order valence-corrected chi connectivity index (χ1v) is 2.08. The molecule has 0 heterocycles. The summed E-state index contributed by atoms with van der Waals surface area (Å²) in [4.78, 5) is 0. The summed E-state index contributed by atoms with van der Waals surface area (Å²) in [5.41, 5.74) is 4.50. The van der Waals surface area contributed by atoms with Gasteiger partial charge in [0.25, 0.3) is 0 Å². The summed E-state index contributed by atoms with van der Waals surface area (Å²) >= 11 is 0. The maximum absolute atomic E-state index is 8.44. The fourth-order valence-corrected chi connectivity index (χ4v) is 0. The molecule has 0 rings (SSSR count). The lowest BCUT2D eigenvalue weighted by molar-refractivity contribution is 0.559. The highest BCUT2D eigenvalue weighted by Crippen LogP contribution is 1.07. The molecule has 5 heteroatoms. The lowest BCUT2D eigenvalue weighted by Gasteiger charge is -1.19. The van der Waals surface area contributed by atoms with Crippen molar-refractivity contribution < 1.29 is 12.6 Å². The lowest BCUT2D eigenvalue weighted by atomic mass is 11.6. The third kappa shape index (κ3) is 135. The molecule has 0 aromatic heterocycles. The van der Waals surface area contributed by atoms with Crippen LogP contribution in [0.2, 0.25) is 0 Å². The van der Waals surface area contributed by atoms with Crippen molar-refractivity contribution in [2.45, 2.75) is 0 Å². The van der Waals surface area contributed by atoms with Gasteiger partial charge in [-0.25, -0.2) is 0 Å². The maximum Gasteiger partial charge on any atom is 0.425 e. The molecule has 0 aromatic rings. The van der Waals surface area contributed by atoms with E-state index in [1.165, 1.54) is 7.05 Å². The van der Waals surface area contributed by atoms with Gasteiger partial charge in [-0.2, -0.15) is 0 Å². The van der Waals surface area contributed by atoms with E-state index in [2.05, 4.69) is 5.73 Å². The summed E-state index contributed by atoms with van der Waals surface area (Å²) in [6, 6.07) is 0. The molecule has 2 N–H and O–H groups in total. The molecule has 0 amide bonds. The SMILES string of the molecule is CN.O=S(=O)=O. The topological polar surface area (TPSA) is 77.2 Å². The molecule has 0 atom stereocenters. The van der Waals surface area contributed by atoms with Crippen molar-refractivity contribution in [3.8, 4) is 0 Å². The Morgan fingerprint density at radius 1 is 1.17 bits per heavy atom. The fourth-order valence-electron chi connectivity index (χ4n) is 0. The molecule has 6 heavy (non-hydrogen) atoms. The van der Waals surface area contributed by atoms with Crippen molar-refractivity contribution >= 4 is 10.6 Å². The van der Waals surface area contributed by atoms with E-state index < -0.39 is 10.6 Å². The molecule has 0 saturated carbocycles. The van der Waals surface area contributed by atoms with E-state index in [1.807, 2.05) is 0 Å². The number of hydrogen-bond acceptors (Lipinski definition) is 4. The van der Waals surface area contributed by atoms with E-state index in [1.54, 1.807) is 0 Å². The number of nitrogens with two attached hydrogens (primary N) is 1. The molecule has 0 spiro atoms. The number of hydrogen-bond donors (Lipinski definition) is 1. The Morgan fingerprint density at radius 2 is 1.17 bits per heavy atom. The van der Waals surface area contributed by atoms with Crippen LogP contribution in [0.25, 0.3) is 0 Å². The normalized spacial score (nSPS) is 5.00. The monoisotopic (exact) mass is 111 g/mol. The van der Waals surface area contributed by atoms with Gasteiger partial charge in [0.05, 0.1) is 0 Å². The van der Waals surface area contributed by atoms with Crippen molar-refractivity contribution in [2.75, 3.05) is 7.05 Å². The summed E-state index contributed by atoms with van der Waals surface area (Å²) < 4.78 is 25.3. The van der Waals surface area contributed by atoms with Gasteiger partial charge in [0.1, 0.15) is 0 Å². The Balaban J connectivity index is 0. The Bertz CT molecular complexity index is 80.2. The van der Waals surface area contributed by atoms with Crippen LogP contribution >= 0.6 is 0 Å². The first kappa shape index (κ1) is 9.13. The van der Waals surface area contributed by atoms with Crippen LogP contribution in [0, 0.1) is 0 Å². The molecule has 4 nitrogen and oxygen atoms in total. The summed E-state index contributed by atoms with van der Waals surface area (Å²) in [5, 5.41) is 0. The molecule has 0 aliphatic carbocycles. The van der Waals surface area contributed by atoms with Crippen LogP contribution in [0.4, 0.5) is 0 Å². The highest BCUT2D eigenvalue weighted by molar-refractivity contribution is 7.59. The summed E-state index contributed by atoms with van der Waals surface area (Å²) in [5.74, 6) is 0. The van der Waals surface area contributed by atoms with Gasteiger partial charge in [-0.15, -0.1) is 12.6 Å². The molecular formula is CH5NO3S. The minimum atomic E-state index is -3.11. The van der Waals surface area contributed by atoms with E-state index in [0.717, 1.165) is 0 Å². The molecule has 0 aromatic carbocycles. The van der Waals surface area contributed by atoms with Gasteiger partial charge >= 0.3 is 10.6 Å². The first-order chi connectivity index (χ1) is 2.73. The zero-order valence-electron chi connectivity index (χ0n) is 3.21. The predicted molar refractivity (Wildman–Crippen MR) is 19.8 cm³/mol. The van der Waals surface area contributed by atoms with Gasteiger partial charge in [-0.3, -0.25) is 0 Å². The molecular weight excluding hydrogens is 106 g/mol. The molecule has 38 valence electrons. The van der Waals surface area contributed by atoms with Crippen LogP contribution in [0.15, 0.2) is 0 Å². The molecule has 0 radical (unpaired) electrons. The zero-order valence-corrected chi connectivity index (χ0v) is 4.03. The first-order valence-electron chi connectivity index (χ1n) is 1.08. The molecule has 0 bridgehead atoms. The molecule has 0 aliphatic heterocycles. The van der Waals surface area contributed by atoms with Crippen LogP contribution in [0.5, 0.6) is 0 Å². The lowest BCUT2D eigenvalue weighted by Crippen LogP contribution is -1.69. The largest absolute Gasteiger partial charge is 0.425 e. The Kier molecular flexibility index (Phi) is 13.4. The van der Waals surface area contributed by atoms with Gasteiger partial charge in [0.2, 0.25) is 0 Å². The molecule has 0 aliphatic rings. The van der Waals surface area contributed by atoms with Crippen molar-refractivity contribution in [1.82, 2.24) is 0 Å². The second-order valence-corrected chi connectivity index (χ2v) is 0.612. The minimum Gasteiger partial charge on any atom is -0.333 e. The Morgan fingerprint density at radius 3 is 1.17 bits per heavy atom. The van der Waals surface area contributed by atoms with Crippen molar-refractivity contribution in [2.24, 2.45) is 5.73 Å². The second kappa shape index (κ2) is 8.82. The fraction of sp³-hybridized carbons (Fsp3) is 1.00. The maximum atomic E-state index is 8.44. The highest BCUT2D eigenvalue weighted by atomic mass is 32.2. The second-order valence-electron chi connectivity index (χ2n) is 0.204. The third-order valence-electron chi connectivity index (χ3n) is 0. The van der Waals surface area contributed by atoms with E-state index in [0.29, 0.717) is 0 Å². The summed E-state index contributed by atoms with van der Waals surface area (Å²) in [6.07, 6.45) is 0. The average Bonchev–Trinajstić information content (AvgIpc) is 1.41. The van der Waals surface area contributed by atoms with Gasteiger partial charge in [0, 0.05) is 0 Å². The van der Waals surface area contributed by atoms with Gasteiger partial charge in [0.15, 0.2) is 0 Å². The van der Waals surface area contributed by atoms with Gasteiger partial charge < -0.3 is 5.73 Å². The quantitative estimate of drug-likeness (QED) is 0.415.